The predicted molar refractivity (Wildman–Crippen MR) is 141 cm³/mol. The number of fused-ring (bicyclic) bond motifs is 3. The van der Waals surface area contributed by atoms with Crippen LogP contribution in [0.15, 0.2) is 18.3 Å². The molecule has 3 aromatic rings. The Morgan fingerprint density at radius 1 is 1.17 bits per heavy atom. The second-order valence-corrected chi connectivity index (χ2v) is 11.7. The number of hydrogen-bond donors (Lipinski definition) is 3. The normalized spacial score (nSPS) is 27.2. The van der Waals surface area contributed by atoms with Crippen LogP contribution in [0, 0.1) is 17.8 Å². The first-order valence-electron chi connectivity index (χ1n) is 12.3. The van der Waals surface area contributed by atoms with Crippen LogP contribution >= 0.6 is 34.5 Å². The van der Waals surface area contributed by atoms with Gasteiger partial charge < -0.3 is 25.3 Å². The molecule has 1 saturated heterocycles. The van der Waals surface area contributed by atoms with E-state index in [1.807, 2.05) is 0 Å². The van der Waals surface area contributed by atoms with Crippen molar-refractivity contribution in [3.63, 3.8) is 0 Å². The molecule has 4 unspecified atom stereocenters. The summed E-state index contributed by atoms with van der Waals surface area (Å²) in [7, 11) is 0. The molecule has 7 rings (SSSR count). The summed E-state index contributed by atoms with van der Waals surface area (Å²) in [5.74, 6) is 1.12. The van der Waals surface area contributed by atoms with Gasteiger partial charge in [0.2, 0.25) is 5.91 Å². The third-order valence-corrected chi connectivity index (χ3v) is 9.34. The molecule has 9 nitrogen and oxygen atoms in total. The molecular weight excluding hydrogens is 521 g/mol. The number of thiazole rings is 1. The van der Waals surface area contributed by atoms with Crippen LogP contribution in [-0.4, -0.2) is 64.2 Å². The van der Waals surface area contributed by atoms with Crippen LogP contribution in [0.3, 0.4) is 0 Å². The first-order chi connectivity index (χ1) is 17.5. The van der Waals surface area contributed by atoms with Crippen molar-refractivity contribution in [2.45, 2.75) is 31.3 Å². The highest BCUT2D eigenvalue weighted by Crippen LogP contribution is 2.47. The minimum Gasteiger partial charge on any atom is -0.378 e. The van der Waals surface area contributed by atoms with Gasteiger partial charge in [0.1, 0.15) is 10.4 Å². The molecule has 4 atom stereocenters. The average Bonchev–Trinajstić information content (AvgIpc) is 3.24. The van der Waals surface area contributed by atoms with Crippen molar-refractivity contribution in [3.05, 3.63) is 28.5 Å². The van der Waals surface area contributed by atoms with Crippen LogP contribution < -0.4 is 15.5 Å². The van der Waals surface area contributed by atoms with Gasteiger partial charge >= 0.3 is 0 Å². The Morgan fingerprint density at radius 2 is 1.97 bits per heavy atom. The third-order valence-electron chi connectivity index (χ3n) is 7.54. The Bertz CT molecular complexity index is 1360. The maximum Gasteiger partial charge on any atom is 0.226 e. The molecule has 0 radical (unpaired) electrons. The maximum atomic E-state index is 13.1. The zero-order valence-electron chi connectivity index (χ0n) is 19.3. The van der Waals surface area contributed by atoms with Gasteiger partial charge in [0.15, 0.2) is 21.8 Å². The summed E-state index contributed by atoms with van der Waals surface area (Å²) in [5.41, 5.74) is 1.94. The Morgan fingerprint density at radius 3 is 2.78 bits per heavy atom. The number of imidazole rings is 1. The minimum absolute atomic E-state index is 0.0477. The number of allylic oxidation sites excluding steroid dienone is 1. The number of ether oxygens (including phenoxy) is 1. The van der Waals surface area contributed by atoms with Gasteiger partial charge in [0.25, 0.3) is 0 Å². The second-order valence-electron chi connectivity index (χ2n) is 9.91. The van der Waals surface area contributed by atoms with Crippen LogP contribution in [0.25, 0.3) is 21.9 Å². The van der Waals surface area contributed by atoms with Gasteiger partial charge in [-0.1, -0.05) is 46.7 Å². The molecule has 3 aromatic heterocycles. The number of morpholine rings is 1. The zero-order chi connectivity index (χ0) is 24.4. The second kappa shape index (κ2) is 8.86. The Labute approximate surface area is 221 Å². The quantitative estimate of drug-likeness (QED) is 0.400. The van der Waals surface area contributed by atoms with Gasteiger partial charge in [0, 0.05) is 25.2 Å². The molecular formula is C24H25Cl2N7O2S. The van der Waals surface area contributed by atoms with E-state index in [0.717, 1.165) is 42.4 Å². The number of aromatic nitrogens is 4. The smallest absolute Gasteiger partial charge is 0.226 e. The summed E-state index contributed by atoms with van der Waals surface area (Å²) >= 11 is 14.7. The van der Waals surface area contributed by atoms with E-state index in [4.69, 9.17) is 32.9 Å². The number of pyridine rings is 1. The lowest BCUT2D eigenvalue weighted by Crippen LogP contribution is -2.44. The van der Waals surface area contributed by atoms with Crippen LogP contribution in [0.1, 0.15) is 19.3 Å². The van der Waals surface area contributed by atoms with E-state index >= 15 is 0 Å². The standard InChI is InChI=1S/C24H25Cl2N7O2S/c25-14-10-27-21-18(30-22(32-21)19-20(26)31-24(36-19)33-5-7-35-8-6-33)17(14)29-16-12-2-1-11(9-12)15(16)23(34)28-13-3-4-13/h1-2,10-13,15-16H,3-9H2,(H,28,34)(H2,27,29,30,32). The number of nitrogens with one attached hydrogen (secondary N) is 3. The fourth-order valence-corrected chi connectivity index (χ4v) is 7.06. The molecule has 188 valence electrons. The number of carbonyl (C=O) groups excluding carboxylic acids is 1. The number of halogens is 2. The monoisotopic (exact) mass is 545 g/mol. The van der Waals surface area contributed by atoms with Crippen molar-refractivity contribution >= 4 is 62.4 Å². The van der Waals surface area contributed by atoms with Gasteiger partial charge in [-0.3, -0.25) is 4.79 Å². The molecule has 0 aromatic carbocycles. The molecule has 2 bridgehead atoms. The van der Waals surface area contributed by atoms with Crippen molar-refractivity contribution in [2.75, 3.05) is 36.5 Å². The third kappa shape index (κ3) is 3.95. The first kappa shape index (κ1) is 22.8. The van der Waals surface area contributed by atoms with E-state index in [1.54, 1.807) is 6.20 Å². The predicted octanol–water partition coefficient (Wildman–Crippen LogP) is 4.11. The van der Waals surface area contributed by atoms with Crippen LogP contribution in [-0.2, 0) is 9.53 Å². The number of hydrogen-bond acceptors (Lipinski definition) is 8. The van der Waals surface area contributed by atoms with E-state index in [0.29, 0.717) is 52.1 Å². The van der Waals surface area contributed by atoms with Gasteiger partial charge in [-0.25, -0.2) is 15.0 Å². The van der Waals surface area contributed by atoms with E-state index in [1.165, 1.54) is 11.3 Å². The Kier molecular flexibility index (Phi) is 5.61. The minimum atomic E-state index is -0.130. The van der Waals surface area contributed by atoms with E-state index in [9.17, 15) is 4.79 Å². The molecule has 1 aliphatic heterocycles. The Balaban J connectivity index is 1.21. The topological polar surface area (TPSA) is 108 Å². The summed E-state index contributed by atoms with van der Waals surface area (Å²) in [6.45, 7) is 2.91. The number of anilines is 2. The number of carbonyl (C=O) groups is 1. The molecule has 1 amide bonds. The summed E-state index contributed by atoms with van der Waals surface area (Å²) < 4.78 is 5.45. The molecule has 2 saturated carbocycles. The summed E-state index contributed by atoms with van der Waals surface area (Å²) in [4.78, 5) is 33.1. The molecule has 36 heavy (non-hydrogen) atoms. The number of H-pyrrole nitrogens is 1. The van der Waals surface area contributed by atoms with Crippen molar-refractivity contribution in [2.24, 2.45) is 17.8 Å². The molecule has 4 aliphatic rings. The molecule has 4 heterocycles. The Hall–Kier alpha value is -2.40. The van der Waals surface area contributed by atoms with E-state index < -0.39 is 0 Å². The fourth-order valence-electron chi connectivity index (χ4n) is 5.58. The number of amides is 1. The molecule has 3 N–H and O–H groups in total. The number of rotatable bonds is 6. The molecule has 0 spiro atoms. The van der Waals surface area contributed by atoms with Crippen LogP contribution in [0.2, 0.25) is 10.2 Å². The largest absolute Gasteiger partial charge is 0.378 e. The van der Waals surface area contributed by atoms with Crippen molar-refractivity contribution in [1.82, 2.24) is 25.3 Å². The van der Waals surface area contributed by atoms with Crippen LogP contribution in [0.5, 0.6) is 0 Å². The summed E-state index contributed by atoms with van der Waals surface area (Å²) in [6, 6.07) is 0.285. The number of nitrogens with zero attached hydrogens (tertiary/aromatic N) is 4. The highest BCUT2D eigenvalue weighted by atomic mass is 35.5. The zero-order valence-corrected chi connectivity index (χ0v) is 21.7. The highest BCUT2D eigenvalue weighted by molar-refractivity contribution is 7.19. The maximum absolute atomic E-state index is 13.1. The van der Waals surface area contributed by atoms with Crippen LogP contribution in [0.4, 0.5) is 10.8 Å². The van der Waals surface area contributed by atoms with E-state index in [-0.39, 0.29) is 29.7 Å². The summed E-state index contributed by atoms with van der Waals surface area (Å²) in [5, 5.41) is 8.55. The fraction of sp³-hybridized carbons (Fsp3) is 0.500. The van der Waals surface area contributed by atoms with E-state index in [2.05, 4.69) is 42.6 Å². The molecule has 3 fully saturated rings. The SMILES string of the molecule is O=C(NC1CC1)C1C2C=CC(C2)C1Nc1c(Cl)cnc2nc(-c3sc(N4CCOCC4)nc3Cl)[nH]c12. The lowest BCUT2D eigenvalue weighted by atomic mass is 9.87. The number of aromatic amines is 1. The van der Waals surface area contributed by atoms with Gasteiger partial charge in [-0.05, 0) is 31.1 Å². The molecule has 12 heteroatoms. The van der Waals surface area contributed by atoms with Gasteiger partial charge in [0.05, 0.1) is 36.0 Å². The van der Waals surface area contributed by atoms with Crippen molar-refractivity contribution in [1.29, 1.82) is 0 Å². The van der Waals surface area contributed by atoms with Crippen molar-refractivity contribution in [3.8, 4) is 10.7 Å². The average molecular weight is 546 g/mol. The highest BCUT2D eigenvalue weighted by Gasteiger charge is 2.49. The summed E-state index contributed by atoms with van der Waals surface area (Å²) in [6.07, 6.45) is 9.13. The lowest BCUT2D eigenvalue weighted by molar-refractivity contribution is -0.126. The van der Waals surface area contributed by atoms with Gasteiger partial charge in [-0.2, -0.15) is 0 Å². The first-order valence-corrected chi connectivity index (χ1v) is 13.9. The molecule has 3 aliphatic carbocycles. The lowest BCUT2D eigenvalue weighted by Gasteiger charge is -2.29. The van der Waals surface area contributed by atoms with Crippen molar-refractivity contribution < 1.29 is 9.53 Å². The van der Waals surface area contributed by atoms with Gasteiger partial charge in [-0.15, -0.1) is 0 Å².